The van der Waals surface area contributed by atoms with E-state index in [0.717, 1.165) is 19.3 Å². The molecule has 158 valence electrons. The molecule has 1 saturated carbocycles. The van der Waals surface area contributed by atoms with Crippen LogP contribution < -0.4 is 10.1 Å². The average molecular weight is 428 g/mol. The van der Waals surface area contributed by atoms with Crippen LogP contribution in [0.4, 0.5) is 10.5 Å². The smallest absolute Gasteiger partial charge is 0.321 e. The van der Waals surface area contributed by atoms with E-state index in [-0.39, 0.29) is 18.0 Å². The molecule has 0 unspecified atom stereocenters. The molecule has 3 amide bonds. The van der Waals surface area contributed by atoms with Gasteiger partial charge in [0, 0.05) is 36.9 Å². The molecule has 4 rings (SSSR count). The van der Waals surface area contributed by atoms with Crippen LogP contribution in [0.15, 0.2) is 48.5 Å². The van der Waals surface area contributed by atoms with E-state index in [9.17, 15) is 9.59 Å². The first-order valence-corrected chi connectivity index (χ1v) is 10.8. The third kappa shape index (κ3) is 4.87. The summed E-state index contributed by atoms with van der Waals surface area (Å²) in [6.07, 6.45) is 4.22. The number of benzene rings is 2. The lowest BCUT2D eigenvalue weighted by atomic mass is 9.96. The maximum Gasteiger partial charge on any atom is 0.321 e. The fraction of sp³-hybridized carbons (Fsp3) is 0.391. The molecule has 2 aromatic rings. The minimum atomic E-state index is -0.166. The second-order valence-electron chi connectivity index (χ2n) is 7.74. The molecule has 7 heteroatoms. The quantitative estimate of drug-likeness (QED) is 0.772. The molecule has 0 atom stereocenters. The van der Waals surface area contributed by atoms with Crippen LogP contribution in [-0.2, 0) is 0 Å². The van der Waals surface area contributed by atoms with Gasteiger partial charge in [-0.1, -0.05) is 23.7 Å². The number of ether oxygens (including phenoxy) is 1. The molecule has 1 aliphatic carbocycles. The van der Waals surface area contributed by atoms with Crippen LogP contribution in [0.1, 0.15) is 36.0 Å². The maximum atomic E-state index is 13.2. The van der Waals surface area contributed by atoms with Crippen LogP contribution in [0.2, 0.25) is 5.02 Å². The Morgan fingerprint density at radius 1 is 0.900 bits per heavy atom. The molecular formula is C23H26ClN3O3. The Morgan fingerprint density at radius 2 is 1.60 bits per heavy atom. The predicted octanol–water partition coefficient (Wildman–Crippen LogP) is 4.65. The van der Waals surface area contributed by atoms with Crippen molar-refractivity contribution in [2.45, 2.75) is 31.8 Å². The van der Waals surface area contributed by atoms with E-state index >= 15 is 0 Å². The molecule has 2 aromatic carbocycles. The zero-order valence-electron chi connectivity index (χ0n) is 16.9. The lowest BCUT2D eigenvalue weighted by molar-refractivity contribution is 0.0744. The van der Waals surface area contributed by atoms with Crippen molar-refractivity contribution in [1.29, 1.82) is 0 Å². The Labute approximate surface area is 181 Å². The summed E-state index contributed by atoms with van der Waals surface area (Å²) in [6, 6.07) is 14.3. The highest BCUT2D eigenvalue weighted by molar-refractivity contribution is 6.30. The van der Waals surface area contributed by atoms with Gasteiger partial charge in [-0.05, 0) is 62.1 Å². The molecule has 1 aliphatic heterocycles. The lowest BCUT2D eigenvalue weighted by Gasteiger charge is -2.28. The zero-order chi connectivity index (χ0) is 20.9. The van der Waals surface area contributed by atoms with Gasteiger partial charge in [0.2, 0.25) is 0 Å². The Bertz CT molecular complexity index is 899. The van der Waals surface area contributed by atoms with Crippen molar-refractivity contribution >= 4 is 29.2 Å². The lowest BCUT2D eigenvalue weighted by Crippen LogP contribution is -2.39. The number of halogens is 1. The Morgan fingerprint density at radius 3 is 2.33 bits per heavy atom. The number of nitrogens with zero attached hydrogens (tertiary/aromatic N) is 2. The van der Waals surface area contributed by atoms with Crippen molar-refractivity contribution in [2.75, 3.05) is 31.5 Å². The topological polar surface area (TPSA) is 61.9 Å². The number of amides is 3. The monoisotopic (exact) mass is 427 g/mol. The summed E-state index contributed by atoms with van der Waals surface area (Å²) in [7, 11) is 0. The SMILES string of the molecule is O=C(Nc1ccc(Cl)cc1)N1CCCN(C(=O)c2ccccc2OC2CCC2)CC1. The number of hydrogen-bond donors (Lipinski definition) is 1. The predicted molar refractivity (Wildman–Crippen MR) is 117 cm³/mol. The number of para-hydroxylation sites is 1. The molecule has 0 aromatic heterocycles. The number of carbonyl (C=O) groups is 2. The first-order valence-electron chi connectivity index (χ1n) is 10.5. The molecule has 30 heavy (non-hydrogen) atoms. The first kappa shape index (κ1) is 20.5. The standard InChI is InChI=1S/C23H26ClN3O3/c24-17-9-11-18(12-10-17)25-23(29)27-14-4-13-26(15-16-27)22(28)20-7-1-2-8-21(20)30-19-5-3-6-19/h1-2,7-12,19H,3-6,13-16H2,(H,25,29). The highest BCUT2D eigenvalue weighted by atomic mass is 35.5. The van der Waals surface area contributed by atoms with Crippen LogP contribution in [0, 0.1) is 0 Å². The highest BCUT2D eigenvalue weighted by Gasteiger charge is 2.26. The third-order valence-electron chi connectivity index (χ3n) is 5.63. The summed E-state index contributed by atoms with van der Waals surface area (Å²) in [5.74, 6) is 0.624. The summed E-state index contributed by atoms with van der Waals surface area (Å²) in [5, 5.41) is 3.51. The van der Waals surface area contributed by atoms with Crippen LogP contribution in [-0.4, -0.2) is 54.0 Å². The van der Waals surface area contributed by atoms with Gasteiger partial charge in [0.1, 0.15) is 5.75 Å². The molecule has 1 saturated heterocycles. The molecule has 1 N–H and O–H groups in total. The molecule has 6 nitrogen and oxygen atoms in total. The van der Waals surface area contributed by atoms with E-state index in [1.165, 1.54) is 6.42 Å². The fourth-order valence-corrected chi connectivity index (χ4v) is 3.77. The Kier molecular flexibility index (Phi) is 6.43. The number of hydrogen-bond acceptors (Lipinski definition) is 3. The van der Waals surface area contributed by atoms with Crippen molar-refractivity contribution < 1.29 is 14.3 Å². The second-order valence-corrected chi connectivity index (χ2v) is 8.17. The van der Waals surface area contributed by atoms with Gasteiger partial charge < -0.3 is 19.9 Å². The summed E-state index contributed by atoms with van der Waals surface area (Å²) < 4.78 is 6.03. The molecule has 2 fully saturated rings. The largest absolute Gasteiger partial charge is 0.490 e. The molecule has 2 aliphatic rings. The van der Waals surface area contributed by atoms with Gasteiger partial charge in [-0.3, -0.25) is 4.79 Å². The molecule has 0 radical (unpaired) electrons. The summed E-state index contributed by atoms with van der Waals surface area (Å²) in [5.41, 5.74) is 1.30. The van der Waals surface area contributed by atoms with E-state index in [1.807, 2.05) is 29.2 Å². The molecule has 0 spiro atoms. The molecule has 1 heterocycles. The van der Waals surface area contributed by atoms with Crippen LogP contribution in [0.25, 0.3) is 0 Å². The zero-order valence-corrected chi connectivity index (χ0v) is 17.6. The third-order valence-corrected chi connectivity index (χ3v) is 5.88. The van der Waals surface area contributed by atoms with E-state index in [2.05, 4.69) is 5.32 Å². The van der Waals surface area contributed by atoms with Crippen molar-refractivity contribution in [1.82, 2.24) is 9.80 Å². The first-order chi connectivity index (χ1) is 14.6. The summed E-state index contributed by atoms with van der Waals surface area (Å²) >= 11 is 5.90. The van der Waals surface area contributed by atoms with Crippen LogP contribution in [0.3, 0.4) is 0 Å². The van der Waals surface area contributed by atoms with Gasteiger partial charge in [0.15, 0.2) is 0 Å². The van der Waals surface area contributed by atoms with Crippen LogP contribution >= 0.6 is 11.6 Å². The van der Waals surface area contributed by atoms with Gasteiger partial charge in [-0.2, -0.15) is 0 Å². The number of urea groups is 1. The van der Waals surface area contributed by atoms with Gasteiger partial charge >= 0.3 is 6.03 Å². The van der Waals surface area contributed by atoms with Crippen molar-refractivity contribution in [3.63, 3.8) is 0 Å². The van der Waals surface area contributed by atoms with E-state index in [0.29, 0.717) is 48.2 Å². The Balaban J connectivity index is 1.37. The second kappa shape index (κ2) is 9.39. The number of carbonyl (C=O) groups excluding carboxylic acids is 2. The van der Waals surface area contributed by atoms with E-state index < -0.39 is 0 Å². The maximum absolute atomic E-state index is 13.2. The summed E-state index contributed by atoms with van der Waals surface area (Å²) in [4.78, 5) is 29.4. The van der Waals surface area contributed by atoms with Crippen molar-refractivity contribution in [3.8, 4) is 5.75 Å². The number of nitrogens with one attached hydrogen (secondary N) is 1. The number of anilines is 1. The van der Waals surface area contributed by atoms with Crippen molar-refractivity contribution in [2.24, 2.45) is 0 Å². The van der Waals surface area contributed by atoms with Gasteiger partial charge in [0.25, 0.3) is 5.91 Å². The fourth-order valence-electron chi connectivity index (χ4n) is 3.64. The molecular weight excluding hydrogens is 402 g/mol. The Hall–Kier alpha value is -2.73. The van der Waals surface area contributed by atoms with Crippen molar-refractivity contribution in [3.05, 3.63) is 59.1 Å². The highest BCUT2D eigenvalue weighted by Crippen LogP contribution is 2.28. The van der Waals surface area contributed by atoms with Gasteiger partial charge in [0.05, 0.1) is 11.7 Å². The average Bonchev–Trinajstić information content (AvgIpc) is 2.98. The van der Waals surface area contributed by atoms with Gasteiger partial charge in [-0.25, -0.2) is 4.79 Å². The molecule has 0 bridgehead atoms. The summed E-state index contributed by atoms with van der Waals surface area (Å²) in [6.45, 7) is 2.19. The minimum Gasteiger partial charge on any atom is -0.490 e. The normalized spacial score (nSPS) is 17.1. The van der Waals surface area contributed by atoms with E-state index in [4.69, 9.17) is 16.3 Å². The van der Waals surface area contributed by atoms with E-state index in [1.54, 1.807) is 29.2 Å². The minimum absolute atomic E-state index is 0.0371. The van der Waals surface area contributed by atoms with Gasteiger partial charge in [-0.15, -0.1) is 0 Å². The van der Waals surface area contributed by atoms with Crippen LogP contribution in [0.5, 0.6) is 5.75 Å². The number of rotatable bonds is 4.